The van der Waals surface area contributed by atoms with Crippen LogP contribution in [0.15, 0.2) is 0 Å². The van der Waals surface area contributed by atoms with Gasteiger partial charge in [-0.2, -0.15) is 0 Å². The largest absolute Gasteiger partial charge is 0.481 e. The molecule has 0 saturated carbocycles. The Morgan fingerprint density at radius 2 is 1.89 bits per heavy atom. The van der Waals surface area contributed by atoms with Gasteiger partial charge in [0.05, 0.1) is 0 Å². The number of carbonyl (C=O) groups excluding carboxylic acids is 1. The van der Waals surface area contributed by atoms with Gasteiger partial charge in [0, 0.05) is 25.9 Å². The summed E-state index contributed by atoms with van der Waals surface area (Å²) in [6.07, 6.45) is 5.00. The Kier molecular flexibility index (Phi) is 5.19. The van der Waals surface area contributed by atoms with Gasteiger partial charge in [0.1, 0.15) is 0 Å². The number of carboxylic acids is 1. The predicted octanol–water partition coefficient (Wildman–Crippen LogP) is 1.09. The van der Waals surface area contributed by atoms with E-state index >= 15 is 0 Å². The molecule has 2 rings (SSSR count). The van der Waals surface area contributed by atoms with Gasteiger partial charge in [-0.1, -0.05) is 0 Å². The first-order chi connectivity index (χ1) is 9.15. The molecule has 0 aromatic rings. The number of aliphatic carboxylic acids is 1. The van der Waals surface area contributed by atoms with Gasteiger partial charge >= 0.3 is 5.97 Å². The van der Waals surface area contributed by atoms with Gasteiger partial charge in [0.25, 0.3) is 0 Å². The van der Waals surface area contributed by atoms with Crippen molar-refractivity contribution in [3.05, 3.63) is 0 Å². The zero-order valence-corrected chi connectivity index (χ0v) is 11.4. The second-order valence-corrected chi connectivity index (χ2v) is 5.82. The van der Waals surface area contributed by atoms with Crippen LogP contribution in [-0.4, -0.2) is 48.1 Å². The summed E-state index contributed by atoms with van der Waals surface area (Å²) in [4.78, 5) is 24.6. The van der Waals surface area contributed by atoms with E-state index in [-0.39, 0.29) is 18.2 Å². The van der Waals surface area contributed by atoms with Crippen molar-refractivity contribution in [1.29, 1.82) is 0 Å². The van der Waals surface area contributed by atoms with Gasteiger partial charge in [-0.25, -0.2) is 0 Å². The van der Waals surface area contributed by atoms with E-state index in [1.165, 1.54) is 12.8 Å². The van der Waals surface area contributed by atoms with Gasteiger partial charge in [0.15, 0.2) is 0 Å². The second-order valence-electron chi connectivity index (χ2n) is 5.82. The topological polar surface area (TPSA) is 69.6 Å². The van der Waals surface area contributed by atoms with E-state index in [0.29, 0.717) is 18.9 Å². The molecule has 1 amide bonds. The molecule has 2 aliphatic heterocycles. The summed E-state index contributed by atoms with van der Waals surface area (Å²) in [6, 6.07) is 0. The van der Waals surface area contributed by atoms with Gasteiger partial charge in [0.2, 0.25) is 5.91 Å². The zero-order valence-electron chi connectivity index (χ0n) is 11.4. The van der Waals surface area contributed by atoms with E-state index in [1.54, 1.807) is 0 Å². The van der Waals surface area contributed by atoms with Crippen LogP contribution >= 0.6 is 0 Å². The van der Waals surface area contributed by atoms with Crippen molar-refractivity contribution in [2.45, 2.75) is 38.5 Å². The number of hydrogen-bond donors (Lipinski definition) is 2. The molecular formula is C14H24N2O3. The third-order valence-electron chi connectivity index (χ3n) is 4.33. The molecule has 0 bridgehead atoms. The summed E-state index contributed by atoms with van der Waals surface area (Å²) in [7, 11) is 0. The van der Waals surface area contributed by atoms with Crippen LogP contribution in [0.3, 0.4) is 0 Å². The third-order valence-corrected chi connectivity index (χ3v) is 4.33. The highest BCUT2D eigenvalue weighted by molar-refractivity contribution is 5.76. The van der Waals surface area contributed by atoms with E-state index in [9.17, 15) is 9.59 Å². The maximum atomic E-state index is 12.1. The van der Waals surface area contributed by atoms with Crippen LogP contribution in [0.2, 0.25) is 0 Å². The number of amides is 1. The normalized spacial score (nSPS) is 24.6. The fourth-order valence-electron chi connectivity index (χ4n) is 3.13. The standard InChI is InChI=1S/C14H24N2O3/c17-13(2-1-11-3-6-15-7-4-11)16-8-5-12(10-16)9-14(18)19/h11-12,15H,1-10H2,(H,18,19). The Hall–Kier alpha value is -1.10. The summed E-state index contributed by atoms with van der Waals surface area (Å²) < 4.78 is 0. The molecular weight excluding hydrogens is 244 g/mol. The molecule has 2 heterocycles. The number of likely N-dealkylation sites (tertiary alicyclic amines) is 1. The number of carbonyl (C=O) groups is 2. The first kappa shape index (κ1) is 14.3. The zero-order chi connectivity index (χ0) is 13.7. The lowest BCUT2D eigenvalue weighted by atomic mass is 9.93. The van der Waals surface area contributed by atoms with Crippen molar-refractivity contribution >= 4 is 11.9 Å². The fraction of sp³-hybridized carbons (Fsp3) is 0.857. The Balaban J connectivity index is 1.67. The minimum Gasteiger partial charge on any atom is -0.481 e. The van der Waals surface area contributed by atoms with Gasteiger partial charge in [-0.05, 0) is 50.6 Å². The van der Waals surface area contributed by atoms with Crippen LogP contribution in [0.25, 0.3) is 0 Å². The van der Waals surface area contributed by atoms with Crippen molar-refractivity contribution in [2.75, 3.05) is 26.2 Å². The highest BCUT2D eigenvalue weighted by Crippen LogP contribution is 2.23. The van der Waals surface area contributed by atoms with Gasteiger partial charge < -0.3 is 15.3 Å². The van der Waals surface area contributed by atoms with Crippen molar-refractivity contribution in [3.63, 3.8) is 0 Å². The molecule has 2 fully saturated rings. The van der Waals surface area contributed by atoms with Crippen LogP contribution in [-0.2, 0) is 9.59 Å². The van der Waals surface area contributed by atoms with E-state index in [2.05, 4.69) is 5.32 Å². The van der Waals surface area contributed by atoms with Crippen LogP contribution in [0.5, 0.6) is 0 Å². The van der Waals surface area contributed by atoms with E-state index in [1.807, 2.05) is 4.90 Å². The van der Waals surface area contributed by atoms with Crippen molar-refractivity contribution < 1.29 is 14.7 Å². The summed E-state index contributed by atoms with van der Waals surface area (Å²) in [5.41, 5.74) is 0. The van der Waals surface area contributed by atoms with E-state index in [0.717, 1.165) is 32.5 Å². The lowest BCUT2D eigenvalue weighted by Gasteiger charge is -2.23. The molecule has 2 saturated heterocycles. The fourth-order valence-corrected chi connectivity index (χ4v) is 3.13. The third kappa shape index (κ3) is 4.49. The molecule has 5 nitrogen and oxygen atoms in total. The SMILES string of the molecule is O=C(O)CC1CCN(C(=O)CCC2CCNCC2)C1. The predicted molar refractivity (Wildman–Crippen MR) is 71.8 cm³/mol. The quantitative estimate of drug-likeness (QED) is 0.783. The van der Waals surface area contributed by atoms with Gasteiger partial charge in [-0.15, -0.1) is 0 Å². The Labute approximate surface area is 114 Å². The summed E-state index contributed by atoms with van der Waals surface area (Å²) in [5, 5.41) is 12.1. The second kappa shape index (κ2) is 6.89. The number of hydrogen-bond acceptors (Lipinski definition) is 3. The lowest BCUT2D eigenvalue weighted by Crippen LogP contribution is -2.31. The average molecular weight is 268 g/mol. The minimum atomic E-state index is -0.756. The van der Waals surface area contributed by atoms with E-state index < -0.39 is 5.97 Å². The lowest BCUT2D eigenvalue weighted by molar-refractivity contribution is -0.138. The van der Waals surface area contributed by atoms with Crippen LogP contribution < -0.4 is 5.32 Å². The Bertz CT molecular complexity index is 327. The maximum absolute atomic E-state index is 12.1. The summed E-state index contributed by atoms with van der Waals surface area (Å²) in [6.45, 7) is 3.52. The molecule has 2 N–H and O–H groups in total. The molecule has 1 unspecified atom stereocenters. The number of nitrogens with one attached hydrogen (secondary N) is 1. The first-order valence-electron chi connectivity index (χ1n) is 7.35. The summed E-state index contributed by atoms with van der Waals surface area (Å²) >= 11 is 0. The van der Waals surface area contributed by atoms with Crippen LogP contribution in [0.4, 0.5) is 0 Å². The molecule has 1 atom stereocenters. The molecule has 0 aromatic carbocycles. The van der Waals surface area contributed by atoms with Crippen LogP contribution in [0, 0.1) is 11.8 Å². The summed E-state index contributed by atoms with van der Waals surface area (Å²) in [5.74, 6) is 0.295. The average Bonchev–Trinajstić information content (AvgIpc) is 2.85. The van der Waals surface area contributed by atoms with E-state index in [4.69, 9.17) is 5.11 Å². The highest BCUT2D eigenvalue weighted by Gasteiger charge is 2.27. The Morgan fingerprint density at radius 3 is 2.58 bits per heavy atom. The monoisotopic (exact) mass is 268 g/mol. The molecule has 0 aliphatic carbocycles. The molecule has 5 heteroatoms. The number of carboxylic acid groups (broad SMARTS) is 1. The van der Waals surface area contributed by atoms with Crippen molar-refractivity contribution in [2.24, 2.45) is 11.8 Å². The molecule has 0 aromatic heterocycles. The molecule has 19 heavy (non-hydrogen) atoms. The minimum absolute atomic E-state index is 0.153. The maximum Gasteiger partial charge on any atom is 0.303 e. The number of nitrogens with zero attached hydrogens (tertiary/aromatic N) is 1. The smallest absolute Gasteiger partial charge is 0.303 e. The molecule has 0 radical (unpaired) electrons. The molecule has 2 aliphatic rings. The van der Waals surface area contributed by atoms with Crippen molar-refractivity contribution in [3.8, 4) is 0 Å². The first-order valence-corrected chi connectivity index (χ1v) is 7.35. The highest BCUT2D eigenvalue weighted by atomic mass is 16.4. The molecule has 0 spiro atoms. The number of piperidine rings is 1. The van der Waals surface area contributed by atoms with Gasteiger partial charge in [-0.3, -0.25) is 9.59 Å². The Morgan fingerprint density at radius 1 is 1.16 bits per heavy atom. The molecule has 108 valence electrons. The van der Waals surface area contributed by atoms with Crippen molar-refractivity contribution in [1.82, 2.24) is 10.2 Å². The van der Waals surface area contributed by atoms with Crippen LogP contribution in [0.1, 0.15) is 38.5 Å². The number of rotatable bonds is 5.